The number of rotatable bonds is 3. The monoisotopic (exact) mass is 297 g/mol. The summed E-state index contributed by atoms with van der Waals surface area (Å²) in [5, 5.41) is 8.56. The highest BCUT2D eigenvalue weighted by Gasteiger charge is 2.12. The molecule has 0 bridgehead atoms. The number of halogens is 3. The van der Waals surface area contributed by atoms with E-state index in [9.17, 15) is 9.18 Å². The number of hydrogen-bond acceptors (Lipinski definition) is 2. The fraction of sp³-hybridized carbons (Fsp3) is 0.222. The van der Waals surface area contributed by atoms with Gasteiger partial charge in [-0.3, -0.25) is 4.79 Å². The molecule has 0 aliphatic heterocycles. The number of aliphatic carboxylic acids is 1. The van der Waals surface area contributed by atoms with Gasteiger partial charge < -0.3 is 10.8 Å². The molecule has 6 heteroatoms. The zero-order chi connectivity index (χ0) is 10.7. The van der Waals surface area contributed by atoms with Gasteiger partial charge in [-0.2, -0.15) is 0 Å². The molecule has 1 atom stereocenters. The molecule has 3 nitrogen and oxygen atoms in total. The molecule has 84 valence electrons. The normalized spacial score (nSPS) is 11.7. The molecule has 0 amide bonds. The number of carboxylic acid groups (broad SMARTS) is 1. The van der Waals surface area contributed by atoms with Crippen LogP contribution in [-0.2, 0) is 11.2 Å². The molecule has 3 N–H and O–H groups in total. The highest BCUT2D eigenvalue weighted by Crippen LogP contribution is 2.17. The number of nitrogens with two attached hydrogens (primary N) is 1. The van der Waals surface area contributed by atoms with Gasteiger partial charge in [-0.1, -0.05) is 6.07 Å². The fourth-order valence-corrected chi connectivity index (χ4v) is 1.43. The van der Waals surface area contributed by atoms with Crippen molar-refractivity contribution in [1.29, 1.82) is 0 Å². The Labute approximate surface area is 101 Å². The summed E-state index contributed by atoms with van der Waals surface area (Å²) in [6.07, 6.45) is 0.189. The Balaban J connectivity index is 0.00000196. The van der Waals surface area contributed by atoms with E-state index >= 15 is 0 Å². The van der Waals surface area contributed by atoms with Gasteiger partial charge in [0.1, 0.15) is 11.9 Å². The van der Waals surface area contributed by atoms with Gasteiger partial charge in [0.05, 0.1) is 4.47 Å². The second-order valence-corrected chi connectivity index (χ2v) is 3.75. The lowest BCUT2D eigenvalue weighted by molar-refractivity contribution is -0.138. The van der Waals surface area contributed by atoms with Crippen LogP contribution in [0.4, 0.5) is 4.39 Å². The lowest BCUT2D eigenvalue weighted by Crippen LogP contribution is -2.32. The number of benzene rings is 1. The predicted molar refractivity (Wildman–Crippen MR) is 60.7 cm³/mol. The van der Waals surface area contributed by atoms with E-state index in [1.807, 2.05) is 0 Å². The molecule has 1 rings (SSSR count). The van der Waals surface area contributed by atoms with Crippen LogP contribution in [0.25, 0.3) is 0 Å². The summed E-state index contributed by atoms with van der Waals surface area (Å²) >= 11 is 3.01. The Bertz CT molecular complexity index is 362. The van der Waals surface area contributed by atoms with Gasteiger partial charge in [0.15, 0.2) is 0 Å². The molecule has 1 aromatic rings. The van der Waals surface area contributed by atoms with Crippen LogP contribution in [0.1, 0.15) is 5.56 Å². The molecule has 0 saturated heterocycles. The molecule has 1 unspecified atom stereocenters. The summed E-state index contributed by atoms with van der Waals surface area (Å²) in [7, 11) is 0. The maximum absolute atomic E-state index is 12.8. The first-order valence-corrected chi connectivity index (χ1v) is 4.72. The molecule has 0 heterocycles. The average Bonchev–Trinajstić information content (AvgIpc) is 2.11. The topological polar surface area (TPSA) is 63.3 Å². The van der Waals surface area contributed by atoms with Crippen LogP contribution in [0.2, 0.25) is 0 Å². The number of carboxylic acids is 1. The Hall–Kier alpha value is -0.650. The lowest BCUT2D eigenvalue weighted by atomic mass is 10.1. The zero-order valence-electron chi connectivity index (χ0n) is 7.61. The van der Waals surface area contributed by atoms with Crippen molar-refractivity contribution in [3.05, 3.63) is 34.1 Å². The van der Waals surface area contributed by atoms with Gasteiger partial charge in [-0.25, -0.2) is 4.39 Å². The van der Waals surface area contributed by atoms with Gasteiger partial charge in [0.25, 0.3) is 0 Å². The van der Waals surface area contributed by atoms with Crippen LogP contribution in [0, 0.1) is 5.82 Å². The molecule has 1 aromatic carbocycles. The minimum absolute atomic E-state index is 0. The molecule has 0 radical (unpaired) electrons. The first-order chi connectivity index (χ1) is 6.50. The van der Waals surface area contributed by atoms with Crippen molar-refractivity contribution in [2.45, 2.75) is 12.5 Å². The standard InChI is InChI=1S/C9H9BrFNO2.ClH/c10-6-3-5(1-2-7(6)11)4-8(12)9(13)14;/h1-3,8H,4,12H2,(H,13,14);1H. The summed E-state index contributed by atoms with van der Waals surface area (Å²) in [6.45, 7) is 0. The van der Waals surface area contributed by atoms with Crippen LogP contribution < -0.4 is 5.73 Å². The van der Waals surface area contributed by atoms with Crippen LogP contribution >= 0.6 is 28.3 Å². The van der Waals surface area contributed by atoms with Crippen LogP contribution in [0.15, 0.2) is 22.7 Å². The van der Waals surface area contributed by atoms with Crippen molar-refractivity contribution in [1.82, 2.24) is 0 Å². The minimum atomic E-state index is -1.06. The third kappa shape index (κ3) is 4.15. The Morgan fingerprint density at radius 3 is 2.67 bits per heavy atom. The molecule has 0 aliphatic carbocycles. The van der Waals surface area contributed by atoms with Crippen molar-refractivity contribution in [2.24, 2.45) is 5.73 Å². The first-order valence-electron chi connectivity index (χ1n) is 3.93. The van der Waals surface area contributed by atoms with Crippen LogP contribution in [-0.4, -0.2) is 17.1 Å². The van der Waals surface area contributed by atoms with E-state index in [-0.39, 0.29) is 24.6 Å². The molecular formula is C9H10BrClFNO2. The van der Waals surface area contributed by atoms with Crippen LogP contribution in [0.5, 0.6) is 0 Å². The van der Waals surface area contributed by atoms with Gasteiger partial charge in [0.2, 0.25) is 0 Å². The Morgan fingerprint density at radius 2 is 2.20 bits per heavy atom. The summed E-state index contributed by atoms with van der Waals surface area (Å²) in [4.78, 5) is 10.4. The Morgan fingerprint density at radius 1 is 1.60 bits per heavy atom. The minimum Gasteiger partial charge on any atom is -0.480 e. The Kier molecular flexibility index (Phi) is 5.79. The van der Waals surface area contributed by atoms with E-state index in [2.05, 4.69) is 15.9 Å². The summed E-state index contributed by atoms with van der Waals surface area (Å²) in [6, 6.07) is 3.36. The van der Waals surface area contributed by atoms with E-state index in [1.54, 1.807) is 0 Å². The highest BCUT2D eigenvalue weighted by atomic mass is 79.9. The van der Waals surface area contributed by atoms with Gasteiger partial charge in [-0.15, -0.1) is 12.4 Å². The molecule has 0 spiro atoms. The summed E-state index contributed by atoms with van der Waals surface area (Å²) < 4.78 is 13.1. The SMILES string of the molecule is Cl.NC(Cc1ccc(F)c(Br)c1)C(=O)O. The largest absolute Gasteiger partial charge is 0.480 e. The van der Waals surface area contributed by atoms with Gasteiger partial charge in [0, 0.05) is 0 Å². The maximum Gasteiger partial charge on any atom is 0.320 e. The van der Waals surface area contributed by atoms with Crippen molar-refractivity contribution in [2.75, 3.05) is 0 Å². The fourth-order valence-electron chi connectivity index (χ4n) is 1.01. The van der Waals surface area contributed by atoms with Crippen LogP contribution in [0.3, 0.4) is 0 Å². The number of hydrogen-bond donors (Lipinski definition) is 2. The smallest absolute Gasteiger partial charge is 0.320 e. The second kappa shape index (κ2) is 6.05. The molecule has 0 aliphatic rings. The first kappa shape index (κ1) is 14.3. The molecule has 0 aromatic heterocycles. The molecule has 0 saturated carbocycles. The van der Waals surface area contributed by atoms with E-state index in [0.717, 1.165) is 0 Å². The highest BCUT2D eigenvalue weighted by molar-refractivity contribution is 9.10. The van der Waals surface area contributed by atoms with E-state index < -0.39 is 12.0 Å². The van der Waals surface area contributed by atoms with E-state index in [1.165, 1.54) is 18.2 Å². The molecule has 15 heavy (non-hydrogen) atoms. The second-order valence-electron chi connectivity index (χ2n) is 2.90. The van der Waals surface area contributed by atoms with Gasteiger partial charge in [-0.05, 0) is 40.0 Å². The van der Waals surface area contributed by atoms with Crippen molar-refractivity contribution >= 4 is 34.3 Å². The summed E-state index contributed by atoms with van der Waals surface area (Å²) in [5.74, 6) is -1.44. The molecular weight excluding hydrogens is 288 g/mol. The quantitative estimate of drug-likeness (QED) is 0.896. The zero-order valence-corrected chi connectivity index (χ0v) is 10.0. The predicted octanol–water partition coefficient (Wildman–Crippen LogP) is 1.96. The number of carbonyl (C=O) groups is 1. The van der Waals surface area contributed by atoms with E-state index in [0.29, 0.717) is 10.0 Å². The average molecular weight is 299 g/mol. The third-order valence-corrected chi connectivity index (χ3v) is 2.36. The van der Waals surface area contributed by atoms with Crippen molar-refractivity contribution < 1.29 is 14.3 Å². The maximum atomic E-state index is 12.8. The molecule has 0 fully saturated rings. The van der Waals surface area contributed by atoms with Crippen molar-refractivity contribution in [3.8, 4) is 0 Å². The van der Waals surface area contributed by atoms with Crippen molar-refractivity contribution in [3.63, 3.8) is 0 Å². The summed E-state index contributed by atoms with van der Waals surface area (Å²) in [5.41, 5.74) is 6.02. The van der Waals surface area contributed by atoms with E-state index in [4.69, 9.17) is 10.8 Å². The third-order valence-electron chi connectivity index (χ3n) is 1.76. The lowest BCUT2D eigenvalue weighted by Gasteiger charge is -2.06. The van der Waals surface area contributed by atoms with Gasteiger partial charge >= 0.3 is 5.97 Å².